The molecule has 2 rings (SSSR count). The second-order valence-electron chi connectivity index (χ2n) is 4.67. The zero-order chi connectivity index (χ0) is 15.4. The van der Waals surface area contributed by atoms with Crippen LogP contribution in [0.25, 0.3) is 0 Å². The average molecular weight is 287 g/mol. The molecule has 0 saturated heterocycles. The molecule has 0 amide bonds. The summed E-state index contributed by atoms with van der Waals surface area (Å²) >= 11 is 0. The first kappa shape index (κ1) is 14.8. The number of hydrogen-bond donors (Lipinski definition) is 1. The Bertz CT molecular complexity index is 671. The minimum absolute atomic E-state index is 0.0524. The van der Waals surface area contributed by atoms with Gasteiger partial charge in [-0.05, 0) is 38.5 Å². The summed E-state index contributed by atoms with van der Waals surface area (Å²) in [5.74, 6) is 1.76. The lowest BCUT2D eigenvalue weighted by Crippen LogP contribution is -1.99. The van der Waals surface area contributed by atoms with E-state index in [2.05, 4.69) is 10.3 Å². The van der Waals surface area contributed by atoms with E-state index in [0.717, 1.165) is 12.1 Å². The van der Waals surface area contributed by atoms with E-state index in [1.54, 1.807) is 31.3 Å². The van der Waals surface area contributed by atoms with Crippen LogP contribution in [-0.2, 0) is 0 Å². The van der Waals surface area contributed by atoms with E-state index >= 15 is 0 Å². The maximum atomic E-state index is 11.0. The summed E-state index contributed by atoms with van der Waals surface area (Å²) in [6.07, 6.45) is 1.63. The third-order valence-electron chi connectivity index (χ3n) is 3.01. The molecule has 1 aromatic carbocycles. The quantitative estimate of drug-likeness (QED) is 0.668. The Hall–Kier alpha value is -2.63. The molecular formula is C15H17N3O3. The van der Waals surface area contributed by atoms with Gasteiger partial charge in [0, 0.05) is 24.4 Å². The summed E-state index contributed by atoms with van der Waals surface area (Å²) < 4.78 is 5.76. The van der Waals surface area contributed by atoms with Gasteiger partial charge in [-0.25, -0.2) is 4.98 Å². The first-order valence-corrected chi connectivity index (χ1v) is 6.64. The summed E-state index contributed by atoms with van der Waals surface area (Å²) in [4.78, 5) is 14.8. The molecule has 1 heterocycles. The number of benzene rings is 1. The third-order valence-corrected chi connectivity index (χ3v) is 3.01. The van der Waals surface area contributed by atoms with Gasteiger partial charge in [0.2, 0.25) is 0 Å². The highest BCUT2D eigenvalue weighted by Crippen LogP contribution is 2.31. The van der Waals surface area contributed by atoms with Crippen LogP contribution in [0.1, 0.15) is 18.1 Å². The van der Waals surface area contributed by atoms with Gasteiger partial charge < -0.3 is 10.1 Å². The first-order valence-electron chi connectivity index (χ1n) is 6.64. The van der Waals surface area contributed by atoms with Gasteiger partial charge in [-0.2, -0.15) is 0 Å². The monoisotopic (exact) mass is 287 g/mol. The summed E-state index contributed by atoms with van der Waals surface area (Å²) in [6, 6.07) is 6.68. The molecule has 0 unspecified atom stereocenters. The standard InChI is InChI=1S/C15H17N3O3/c1-4-16-15-8-12(5-6-17-15)21-14-9-13(18(19)20)10(2)7-11(14)3/h5-9H,4H2,1-3H3,(H,16,17). The molecule has 0 spiro atoms. The summed E-state index contributed by atoms with van der Waals surface area (Å²) in [5.41, 5.74) is 1.52. The average Bonchev–Trinajstić information content (AvgIpc) is 2.42. The summed E-state index contributed by atoms with van der Waals surface area (Å²) in [5, 5.41) is 14.1. The van der Waals surface area contributed by atoms with Gasteiger partial charge >= 0.3 is 0 Å². The van der Waals surface area contributed by atoms with Gasteiger partial charge in [-0.1, -0.05) is 0 Å². The van der Waals surface area contributed by atoms with Crippen molar-refractivity contribution < 1.29 is 9.66 Å². The predicted molar refractivity (Wildman–Crippen MR) is 81.0 cm³/mol. The fourth-order valence-electron chi connectivity index (χ4n) is 2.01. The highest BCUT2D eigenvalue weighted by molar-refractivity contribution is 5.51. The van der Waals surface area contributed by atoms with Crippen molar-refractivity contribution in [2.45, 2.75) is 20.8 Å². The van der Waals surface area contributed by atoms with E-state index in [4.69, 9.17) is 4.74 Å². The van der Waals surface area contributed by atoms with Gasteiger partial charge in [0.15, 0.2) is 0 Å². The number of rotatable bonds is 5. The van der Waals surface area contributed by atoms with E-state index in [1.807, 2.05) is 13.8 Å². The molecule has 1 N–H and O–H groups in total. The fraction of sp³-hybridized carbons (Fsp3) is 0.267. The van der Waals surface area contributed by atoms with Gasteiger partial charge in [0.05, 0.1) is 11.0 Å². The Labute approximate surface area is 122 Å². The number of nitro groups is 1. The number of aryl methyl sites for hydroxylation is 2. The maximum absolute atomic E-state index is 11.0. The van der Waals surface area contributed by atoms with E-state index < -0.39 is 4.92 Å². The second-order valence-corrected chi connectivity index (χ2v) is 4.67. The van der Waals surface area contributed by atoms with Gasteiger partial charge in [-0.3, -0.25) is 10.1 Å². The minimum atomic E-state index is -0.405. The van der Waals surface area contributed by atoms with Crippen LogP contribution in [0.3, 0.4) is 0 Å². The van der Waals surface area contributed by atoms with Crippen molar-refractivity contribution in [1.29, 1.82) is 0 Å². The normalized spacial score (nSPS) is 10.2. The zero-order valence-electron chi connectivity index (χ0n) is 12.2. The van der Waals surface area contributed by atoms with Crippen LogP contribution in [0.15, 0.2) is 30.5 Å². The third kappa shape index (κ3) is 3.47. The van der Waals surface area contributed by atoms with Crippen LogP contribution >= 0.6 is 0 Å². The largest absolute Gasteiger partial charge is 0.457 e. The minimum Gasteiger partial charge on any atom is -0.457 e. The van der Waals surface area contributed by atoms with Crippen molar-refractivity contribution in [2.24, 2.45) is 0 Å². The molecule has 6 heteroatoms. The molecule has 0 fully saturated rings. The molecule has 0 aliphatic rings. The van der Waals surface area contributed by atoms with Crippen LogP contribution in [0.2, 0.25) is 0 Å². The Morgan fingerprint density at radius 3 is 2.71 bits per heavy atom. The molecule has 0 saturated carbocycles. The molecule has 6 nitrogen and oxygen atoms in total. The summed E-state index contributed by atoms with van der Waals surface area (Å²) in [7, 11) is 0. The highest BCUT2D eigenvalue weighted by atomic mass is 16.6. The van der Waals surface area contributed by atoms with Crippen LogP contribution < -0.4 is 10.1 Å². The molecule has 0 aliphatic heterocycles. The predicted octanol–water partition coefficient (Wildman–Crippen LogP) is 3.83. The Balaban J connectivity index is 2.33. The second kappa shape index (κ2) is 6.21. The van der Waals surface area contributed by atoms with Crippen LogP contribution in [-0.4, -0.2) is 16.5 Å². The Morgan fingerprint density at radius 1 is 1.29 bits per heavy atom. The molecule has 21 heavy (non-hydrogen) atoms. The first-order chi connectivity index (χ1) is 10.0. The van der Waals surface area contributed by atoms with Crippen molar-refractivity contribution in [3.63, 3.8) is 0 Å². The molecule has 2 aromatic rings. The van der Waals surface area contributed by atoms with Crippen molar-refractivity contribution in [3.05, 3.63) is 51.7 Å². The lowest BCUT2D eigenvalue weighted by Gasteiger charge is -2.11. The molecule has 0 atom stereocenters. The number of nitrogens with one attached hydrogen (secondary N) is 1. The molecule has 0 bridgehead atoms. The van der Waals surface area contributed by atoms with E-state index in [0.29, 0.717) is 22.9 Å². The van der Waals surface area contributed by atoms with Gasteiger partial charge in [0.1, 0.15) is 17.3 Å². The Kier molecular flexibility index (Phi) is 4.37. The van der Waals surface area contributed by atoms with Crippen molar-refractivity contribution in [2.75, 3.05) is 11.9 Å². The fourth-order valence-corrected chi connectivity index (χ4v) is 2.01. The number of nitro benzene ring substituents is 1. The lowest BCUT2D eigenvalue weighted by atomic mass is 10.1. The number of anilines is 1. The summed E-state index contributed by atoms with van der Waals surface area (Å²) in [6.45, 7) is 6.30. The van der Waals surface area contributed by atoms with E-state index in [9.17, 15) is 10.1 Å². The lowest BCUT2D eigenvalue weighted by molar-refractivity contribution is -0.385. The van der Waals surface area contributed by atoms with E-state index in [-0.39, 0.29) is 5.69 Å². The molecule has 0 radical (unpaired) electrons. The van der Waals surface area contributed by atoms with Crippen LogP contribution in [0.5, 0.6) is 11.5 Å². The number of pyridine rings is 1. The Morgan fingerprint density at radius 2 is 2.05 bits per heavy atom. The van der Waals surface area contributed by atoms with Gasteiger partial charge in [-0.15, -0.1) is 0 Å². The number of aromatic nitrogens is 1. The van der Waals surface area contributed by atoms with Gasteiger partial charge in [0.25, 0.3) is 5.69 Å². The van der Waals surface area contributed by atoms with Crippen LogP contribution in [0.4, 0.5) is 11.5 Å². The highest BCUT2D eigenvalue weighted by Gasteiger charge is 2.15. The molecule has 1 aromatic heterocycles. The number of nitrogens with zero attached hydrogens (tertiary/aromatic N) is 2. The molecule has 0 aliphatic carbocycles. The van der Waals surface area contributed by atoms with Crippen LogP contribution in [0, 0.1) is 24.0 Å². The van der Waals surface area contributed by atoms with Crippen molar-refractivity contribution in [3.8, 4) is 11.5 Å². The smallest absolute Gasteiger partial charge is 0.276 e. The SMILES string of the molecule is CCNc1cc(Oc2cc([N+](=O)[O-])c(C)cc2C)ccn1. The van der Waals surface area contributed by atoms with Crippen molar-refractivity contribution in [1.82, 2.24) is 4.98 Å². The van der Waals surface area contributed by atoms with Crippen molar-refractivity contribution >= 4 is 11.5 Å². The number of ether oxygens (including phenoxy) is 1. The molecular weight excluding hydrogens is 270 g/mol. The topological polar surface area (TPSA) is 77.3 Å². The molecule has 110 valence electrons. The van der Waals surface area contributed by atoms with E-state index in [1.165, 1.54) is 6.07 Å². The number of hydrogen-bond acceptors (Lipinski definition) is 5. The zero-order valence-corrected chi connectivity index (χ0v) is 12.2. The maximum Gasteiger partial charge on any atom is 0.276 e.